The molecule has 4 N–H and O–H groups in total. The molecule has 6 rings (SSSR count). The van der Waals surface area contributed by atoms with Crippen molar-refractivity contribution in [1.82, 2.24) is 19.9 Å². The highest BCUT2D eigenvalue weighted by Crippen LogP contribution is 2.47. The summed E-state index contributed by atoms with van der Waals surface area (Å²) in [6.45, 7) is 5.00. The van der Waals surface area contributed by atoms with E-state index in [0.29, 0.717) is 29.6 Å². The lowest BCUT2D eigenvalue weighted by molar-refractivity contribution is -0.00884. The van der Waals surface area contributed by atoms with Gasteiger partial charge in [-0.1, -0.05) is 18.2 Å². The quantitative estimate of drug-likeness (QED) is 0.414. The molecule has 38 heavy (non-hydrogen) atoms. The van der Waals surface area contributed by atoms with E-state index in [1.807, 2.05) is 30.3 Å². The predicted octanol–water partition coefficient (Wildman–Crippen LogP) is 3.34. The summed E-state index contributed by atoms with van der Waals surface area (Å²) < 4.78 is 11.4. The van der Waals surface area contributed by atoms with Gasteiger partial charge in [-0.2, -0.15) is 0 Å². The van der Waals surface area contributed by atoms with E-state index < -0.39 is 5.91 Å². The first-order valence-corrected chi connectivity index (χ1v) is 13.3. The molecule has 1 spiro atoms. The Hall–Kier alpha value is -3.60. The third-order valence-corrected chi connectivity index (χ3v) is 7.40. The monoisotopic (exact) mass is 515 g/mol. The number of nitrogens with zero attached hydrogens (tertiary/aromatic N) is 4. The number of hydrogen-bond donors (Lipinski definition) is 3. The minimum Gasteiger partial charge on any atom is -0.379 e. The van der Waals surface area contributed by atoms with Gasteiger partial charge in [0, 0.05) is 44.2 Å². The predicted molar refractivity (Wildman–Crippen MR) is 144 cm³/mol. The maximum absolute atomic E-state index is 12.5. The topological polar surface area (TPSA) is 128 Å². The van der Waals surface area contributed by atoms with Crippen molar-refractivity contribution >= 4 is 23.2 Å². The fourth-order valence-corrected chi connectivity index (χ4v) is 5.16. The fraction of sp³-hybridized carbons (Fsp3) is 0.429. The number of anilines is 3. The lowest BCUT2D eigenvalue weighted by Crippen LogP contribution is -2.36. The van der Waals surface area contributed by atoms with Crippen molar-refractivity contribution in [3.05, 3.63) is 59.9 Å². The van der Waals surface area contributed by atoms with Gasteiger partial charge >= 0.3 is 0 Å². The Kier molecular flexibility index (Phi) is 6.92. The van der Waals surface area contributed by atoms with Crippen LogP contribution in [0.3, 0.4) is 0 Å². The average molecular weight is 516 g/mol. The van der Waals surface area contributed by atoms with Crippen molar-refractivity contribution in [2.45, 2.75) is 43.9 Å². The molecule has 0 radical (unpaired) electrons. The normalized spacial score (nSPS) is 20.7. The second-order valence-corrected chi connectivity index (χ2v) is 10.3. The zero-order chi connectivity index (χ0) is 26.0. The van der Waals surface area contributed by atoms with E-state index in [0.717, 1.165) is 64.2 Å². The number of amides is 1. The highest BCUT2D eigenvalue weighted by Gasteiger charge is 2.47. The number of rotatable bonds is 8. The number of nitrogens with one attached hydrogen (secondary N) is 2. The van der Waals surface area contributed by atoms with E-state index in [-0.39, 0.29) is 17.3 Å². The molecule has 10 nitrogen and oxygen atoms in total. The van der Waals surface area contributed by atoms with Crippen LogP contribution in [0.1, 0.15) is 41.7 Å². The van der Waals surface area contributed by atoms with Crippen molar-refractivity contribution in [3.8, 4) is 11.4 Å². The van der Waals surface area contributed by atoms with Crippen molar-refractivity contribution in [3.63, 3.8) is 0 Å². The van der Waals surface area contributed by atoms with E-state index in [9.17, 15) is 4.79 Å². The molecule has 0 bridgehead atoms. The molecule has 198 valence electrons. The van der Waals surface area contributed by atoms with Gasteiger partial charge in [0.05, 0.1) is 24.5 Å². The minimum atomic E-state index is -0.657. The number of primary amides is 1. The van der Waals surface area contributed by atoms with Gasteiger partial charge in [-0.3, -0.25) is 14.7 Å². The zero-order valence-electron chi connectivity index (χ0n) is 21.4. The first kappa shape index (κ1) is 24.7. The van der Waals surface area contributed by atoms with Gasteiger partial charge in [-0.15, -0.1) is 0 Å². The average Bonchev–Trinajstić information content (AvgIpc) is 3.68. The summed E-state index contributed by atoms with van der Waals surface area (Å²) in [5, 5.41) is 6.87. The third-order valence-electron chi connectivity index (χ3n) is 7.40. The summed E-state index contributed by atoms with van der Waals surface area (Å²) in [6, 6.07) is 13.9. The van der Waals surface area contributed by atoms with E-state index in [4.69, 9.17) is 20.2 Å². The smallest absolute Gasteiger partial charge is 0.271 e. The largest absolute Gasteiger partial charge is 0.379 e. The molecule has 1 unspecified atom stereocenters. The van der Waals surface area contributed by atoms with Gasteiger partial charge < -0.3 is 25.8 Å². The Morgan fingerprint density at radius 1 is 1.05 bits per heavy atom. The lowest BCUT2D eigenvalue weighted by atomic mass is 10.0. The molecule has 3 aliphatic rings. The van der Waals surface area contributed by atoms with Crippen LogP contribution in [0.15, 0.2) is 48.7 Å². The van der Waals surface area contributed by atoms with E-state index >= 15 is 0 Å². The van der Waals surface area contributed by atoms with Gasteiger partial charge in [-0.05, 0) is 55.5 Å². The van der Waals surface area contributed by atoms with Crippen LogP contribution in [0, 0.1) is 0 Å². The molecule has 1 amide bonds. The molecule has 3 fully saturated rings. The molecule has 1 aliphatic carbocycles. The molecule has 1 atom stereocenters. The second-order valence-electron chi connectivity index (χ2n) is 10.3. The number of carbonyl (C=O) groups excluding carboxylic acids is 1. The number of pyridine rings is 1. The summed E-state index contributed by atoms with van der Waals surface area (Å²) in [7, 11) is 0. The number of nitrogens with two attached hydrogens (primary N) is 1. The Morgan fingerprint density at radius 2 is 1.87 bits per heavy atom. The van der Waals surface area contributed by atoms with Gasteiger partial charge in [0.25, 0.3) is 5.91 Å². The number of morpholine rings is 1. The molecule has 1 saturated carbocycles. The molecule has 2 aromatic heterocycles. The Bertz CT molecular complexity index is 1280. The minimum absolute atomic E-state index is 0.00567. The van der Waals surface area contributed by atoms with Crippen LogP contribution in [-0.4, -0.2) is 70.3 Å². The van der Waals surface area contributed by atoms with E-state index in [1.165, 1.54) is 5.56 Å². The van der Waals surface area contributed by atoms with Crippen LogP contribution in [0.4, 0.5) is 17.3 Å². The van der Waals surface area contributed by atoms with Crippen molar-refractivity contribution in [1.29, 1.82) is 0 Å². The maximum atomic E-state index is 12.5. The Balaban J connectivity index is 1.28. The molecular formula is C28H33N7O3. The number of ether oxygens (including phenoxy) is 2. The first-order valence-electron chi connectivity index (χ1n) is 13.3. The number of aromatic nitrogens is 3. The van der Waals surface area contributed by atoms with E-state index in [1.54, 1.807) is 6.20 Å². The van der Waals surface area contributed by atoms with Crippen molar-refractivity contribution in [2.24, 2.45) is 5.73 Å². The molecule has 2 saturated heterocycles. The standard InChI is InChI=1S/C28H33N7O3/c29-25(36)24-27(31-20-6-4-19(5-7-20)18-35-12-15-37-16-13-35)34-26(23(33-24)22-3-1-2-11-30-22)32-21-8-14-38-28(17-21)9-10-28/h1-7,11,21H,8-10,12-18H2,(H2,29,36)(H2,31,32,34). The SMILES string of the molecule is NC(=O)c1nc(-c2ccccn2)c(NC2CCOC3(CC3)C2)nc1Nc1ccc(CN2CCOCC2)cc1. The number of benzene rings is 1. The highest BCUT2D eigenvalue weighted by molar-refractivity contribution is 5.97. The van der Waals surface area contributed by atoms with Crippen LogP contribution in [-0.2, 0) is 16.0 Å². The van der Waals surface area contributed by atoms with Gasteiger partial charge in [-0.25, -0.2) is 9.97 Å². The zero-order valence-corrected chi connectivity index (χ0v) is 21.4. The Labute approximate surface area is 222 Å². The third kappa shape index (κ3) is 5.62. The summed E-state index contributed by atoms with van der Waals surface area (Å²) in [5.74, 6) is 0.229. The van der Waals surface area contributed by atoms with Crippen LogP contribution < -0.4 is 16.4 Å². The number of carbonyl (C=O) groups is 1. The number of hydrogen-bond acceptors (Lipinski definition) is 9. The van der Waals surface area contributed by atoms with Gasteiger partial charge in [0.2, 0.25) is 0 Å². The van der Waals surface area contributed by atoms with Crippen LogP contribution in [0.5, 0.6) is 0 Å². The van der Waals surface area contributed by atoms with Crippen molar-refractivity contribution in [2.75, 3.05) is 43.5 Å². The van der Waals surface area contributed by atoms with E-state index in [2.05, 4.69) is 37.6 Å². The fourth-order valence-electron chi connectivity index (χ4n) is 5.16. The first-order chi connectivity index (χ1) is 18.6. The summed E-state index contributed by atoms with van der Waals surface area (Å²) in [6.07, 6.45) is 5.68. The molecule has 3 aromatic rings. The van der Waals surface area contributed by atoms with Crippen LogP contribution >= 0.6 is 0 Å². The van der Waals surface area contributed by atoms with Crippen molar-refractivity contribution < 1.29 is 14.3 Å². The van der Waals surface area contributed by atoms with Gasteiger partial charge in [0.15, 0.2) is 17.3 Å². The van der Waals surface area contributed by atoms with Gasteiger partial charge in [0.1, 0.15) is 5.69 Å². The molecule has 10 heteroatoms. The molecule has 2 aliphatic heterocycles. The molecule has 1 aromatic carbocycles. The lowest BCUT2D eigenvalue weighted by Gasteiger charge is -2.31. The molecule has 4 heterocycles. The summed E-state index contributed by atoms with van der Waals surface area (Å²) in [4.78, 5) is 28.8. The Morgan fingerprint density at radius 3 is 2.58 bits per heavy atom. The van der Waals surface area contributed by atoms with Crippen LogP contribution in [0.2, 0.25) is 0 Å². The summed E-state index contributed by atoms with van der Waals surface area (Å²) in [5.41, 5.74) is 8.97. The highest BCUT2D eigenvalue weighted by atomic mass is 16.5. The molecular weight excluding hydrogens is 482 g/mol. The van der Waals surface area contributed by atoms with Crippen LogP contribution in [0.25, 0.3) is 11.4 Å². The second kappa shape index (κ2) is 10.6. The maximum Gasteiger partial charge on any atom is 0.271 e. The summed E-state index contributed by atoms with van der Waals surface area (Å²) >= 11 is 0.